The Morgan fingerprint density at radius 1 is 0.944 bits per heavy atom. The zero-order chi connectivity index (χ0) is 24.6. The zero-order valence-electron chi connectivity index (χ0n) is 21.5. The van der Waals surface area contributed by atoms with Gasteiger partial charge in [-0.1, -0.05) is 24.3 Å². The Morgan fingerprint density at radius 2 is 1.67 bits per heavy atom. The normalized spacial score (nSPS) is 20.3. The molecule has 1 aromatic carbocycles. The van der Waals surface area contributed by atoms with E-state index in [2.05, 4.69) is 71.3 Å². The van der Waals surface area contributed by atoms with Crippen LogP contribution in [0.2, 0.25) is 0 Å². The maximum Gasteiger partial charge on any atom is 0.230 e. The summed E-state index contributed by atoms with van der Waals surface area (Å²) in [6, 6.07) is 14.2. The third-order valence-electron chi connectivity index (χ3n) is 8.38. The predicted molar refractivity (Wildman–Crippen MR) is 142 cm³/mol. The second kappa shape index (κ2) is 9.87. The van der Waals surface area contributed by atoms with Gasteiger partial charge in [0.25, 0.3) is 0 Å². The highest BCUT2D eigenvalue weighted by Gasteiger charge is 2.32. The van der Waals surface area contributed by atoms with Gasteiger partial charge in [-0.25, -0.2) is 4.52 Å². The lowest BCUT2D eigenvalue weighted by atomic mass is 9.88. The molecule has 5 heterocycles. The third-order valence-corrected chi connectivity index (χ3v) is 8.38. The summed E-state index contributed by atoms with van der Waals surface area (Å²) in [5.41, 5.74) is 6.18. The Hall–Kier alpha value is -2.90. The van der Waals surface area contributed by atoms with Crippen LogP contribution < -0.4 is 4.90 Å². The molecule has 2 aromatic heterocycles. The van der Waals surface area contributed by atoms with E-state index in [4.69, 9.17) is 4.74 Å². The number of benzene rings is 1. The minimum atomic E-state index is 0.0663. The van der Waals surface area contributed by atoms with E-state index >= 15 is 0 Å². The number of fused-ring (bicyclic) bond motifs is 1. The topological polar surface area (TPSA) is 53.3 Å². The number of aromatic nitrogens is 2. The molecule has 0 bridgehead atoms. The van der Waals surface area contributed by atoms with Crippen LogP contribution in [0.1, 0.15) is 38.2 Å². The highest BCUT2D eigenvalue weighted by atomic mass is 16.5. The van der Waals surface area contributed by atoms with Gasteiger partial charge in [0.15, 0.2) is 0 Å². The molecule has 3 fully saturated rings. The Balaban J connectivity index is 1.15. The first-order chi connectivity index (χ1) is 17.6. The molecular formula is C29H37N5O2. The molecule has 1 amide bonds. The summed E-state index contributed by atoms with van der Waals surface area (Å²) in [5.74, 6) is 0.981. The van der Waals surface area contributed by atoms with Gasteiger partial charge < -0.3 is 19.4 Å². The molecule has 3 aliphatic heterocycles. The third kappa shape index (κ3) is 4.50. The molecule has 0 atom stereocenters. The summed E-state index contributed by atoms with van der Waals surface area (Å²) in [6.07, 6.45) is 6.50. The Labute approximate surface area is 213 Å². The fourth-order valence-corrected chi connectivity index (χ4v) is 5.93. The number of hydrogen-bond donors (Lipinski definition) is 0. The lowest BCUT2D eigenvalue weighted by Crippen LogP contribution is -2.53. The van der Waals surface area contributed by atoms with E-state index < -0.39 is 0 Å². The van der Waals surface area contributed by atoms with Crippen LogP contribution >= 0.6 is 0 Å². The van der Waals surface area contributed by atoms with E-state index in [0.29, 0.717) is 25.2 Å². The fourth-order valence-electron chi connectivity index (χ4n) is 5.93. The number of piperidine rings is 1. The number of rotatable bonds is 5. The first-order valence-corrected chi connectivity index (χ1v) is 13.5. The monoisotopic (exact) mass is 487 g/mol. The number of ether oxygens (including phenoxy) is 1. The Morgan fingerprint density at radius 3 is 2.31 bits per heavy atom. The van der Waals surface area contributed by atoms with Crippen molar-refractivity contribution in [1.29, 1.82) is 0 Å². The number of anilines is 1. The SMILES string of the molecule is CC(C)N1CCC(c2ccc(-c3cc4c(N5CCN(C(=O)C6COC6)CC5)ccnn4c3)cc2)CC1. The van der Waals surface area contributed by atoms with Crippen LogP contribution in [0.4, 0.5) is 5.69 Å². The summed E-state index contributed by atoms with van der Waals surface area (Å²) in [4.78, 5) is 19.5. The van der Waals surface area contributed by atoms with Crippen LogP contribution in [0.25, 0.3) is 16.6 Å². The summed E-state index contributed by atoms with van der Waals surface area (Å²) < 4.78 is 7.19. The van der Waals surface area contributed by atoms with E-state index in [1.54, 1.807) is 0 Å². The van der Waals surface area contributed by atoms with Crippen molar-refractivity contribution in [1.82, 2.24) is 19.4 Å². The molecule has 36 heavy (non-hydrogen) atoms. The maximum atomic E-state index is 12.6. The molecule has 7 heteroatoms. The number of likely N-dealkylation sites (tertiary alicyclic amines) is 1. The quantitative estimate of drug-likeness (QED) is 0.547. The van der Waals surface area contributed by atoms with Crippen molar-refractivity contribution in [2.45, 2.75) is 38.6 Å². The van der Waals surface area contributed by atoms with E-state index in [-0.39, 0.29) is 11.8 Å². The molecule has 3 saturated heterocycles. The van der Waals surface area contributed by atoms with Crippen molar-refractivity contribution in [3.8, 4) is 11.1 Å². The van der Waals surface area contributed by atoms with E-state index in [0.717, 1.165) is 31.7 Å². The van der Waals surface area contributed by atoms with Gasteiger partial charge in [0.1, 0.15) is 0 Å². The van der Waals surface area contributed by atoms with Gasteiger partial charge in [-0.15, -0.1) is 0 Å². The number of piperazine rings is 1. The maximum absolute atomic E-state index is 12.6. The van der Waals surface area contributed by atoms with Gasteiger partial charge in [0, 0.05) is 50.2 Å². The van der Waals surface area contributed by atoms with Gasteiger partial charge in [-0.3, -0.25) is 4.79 Å². The zero-order valence-corrected chi connectivity index (χ0v) is 21.5. The molecule has 0 saturated carbocycles. The average Bonchev–Trinajstić information content (AvgIpc) is 3.32. The number of amides is 1. The predicted octanol–water partition coefficient (Wildman–Crippen LogP) is 3.88. The van der Waals surface area contributed by atoms with Gasteiger partial charge in [0.2, 0.25) is 5.91 Å². The van der Waals surface area contributed by atoms with E-state index in [9.17, 15) is 4.79 Å². The van der Waals surface area contributed by atoms with Crippen molar-refractivity contribution in [2.24, 2.45) is 5.92 Å². The first kappa shape index (κ1) is 23.5. The molecule has 3 aliphatic rings. The fraction of sp³-hybridized carbons (Fsp3) is 0.517. The molecular weight excluding hydrogens is 450 g/mol. The summed E-state index contributed by atoms with van der Waals surface area (Å²) in [5, 5.41) is 4.59. The molecule has 0 radical (unpaired) electrons. The second-order valence-corrected chi connectivity index (χ2v) is 10.8. The van der Waals surface area contributed by atoms with Crippen LogP contribution in [-0.4, -0.2) is 83.8 Å². The number of hydrogen-bond acceptors (Lipinski definition) is 5. The van der Waals surface area contributed by atoms with Crippen LogP contribution in [0.15, 0.2) is 48.8 Å². The average molecular weight is 488 g/mol. The van der Waals surface area contributed by atoms with Crippen molar-refractivity contribution in [3.63, 3.8) is 0 Å². The minimum absolute atomic E-state index is 0.0663. The number of carbonyl (C=O) groups excluding carboxylic acids is 1. The molecule has 3 aromatic rings. The van der Waals surface area contributed by atoms with Crippen molar-refractivity contribution in [3.05, 3.63) is 54.4 Å². The van der Waals surface area contributed by atoms with E-state index in [1.165, 1.54) is 48.3 Å². The molecule has 190 valence electrons. The van der Waals surface area contributed by atoms with Gasteiger partial charge in [-0.05, 0) is 69.0 Å². The van der Waals surface area contributed by atoms with Gasteiger partial charge in [-0.2, -0.15) is 5.10 Å². The highest BCUT2D eigenvalue weighted by molar-refractivity contribution is 5.82. The minimum Gasteiger partial charge on any atom is -0.380 e. The molecule has 0 unspecified atom stereocenters. The molecule has 0 N–H and O–H groups in total. The molecule has 0 aliphatic carbocycles. The smallest absolute Gasteiger partial charge is 0.230 e. The van der Waals surface area contributed by atoms with Gasteiger partial charge in [0.05, 0.1) is 30.3 Å². The second-order valence-electron chi connectivity index (χ2n) is 10.8. The Kier molecular flexibility index (Phi) is 6.44. The van der Waals surface area contributed by atoms with Crippen LogP contribution in [0.5, 0.6) is 0 Å². The van der Waals surface area contributed by atoms with Crippen LogP contribution in [0, 0.1) is 5.92 Å². The lowest BCUT2D eigenvalue weighted by Gasteiger charge is -2.39. The summed E-state index contributed by atoms with van der Waals surface area (Å²) >= 11 is 0. The molecule has 7 nitrogen and oxygen atoms in total. The molecule has 0 spiro atoms. The Bertz CT molecular complexity index is 1200. The first-order valence-electron chi connectivity index (χ1n) is 13.5. The van der Waals surface area contributed by atoms with Gasteiger partial charge >= 0.3 is 0 Å². The summed E-state index contributed by atoms with van der Waals surface area (Å²) in [7, 11) is 0. The standard InChI is InChI=1S/C29H37N5O2/c1-21(2)31-11-8-24(9-12-31)22-3-5-23(6-4-22)25-17-28-27(7-10-30-34(28)18-25)32-13-15-33(16-14-32)29(35)26-19-36-20-26/h3-7,10,17-18,21,24,26H,8-9,11-16,19-20H2,1-2H3. The van der Waals surface area contributed by atoms with Crippen LogP contribution in [0.3, 0.4) is 0 Å². The van der Waals surface area contributed by atoms with Crippen molar-refractivity contribution >= 4 is 17.1 Å². The molecule has 6 rings (SSSR count). The highest BCUT2D eigenvalue weighted by Crippen LogP contribution is 2.32. The summed E-state index contributed by atoms with van der Waals surface area (Å²) in [6.45, 7) is 11.3. The van der Waals surface area contributed by atoms with Crippen LogP contribution in [-0.2, 0) is 9.53 Å². The number of carbonyl (C=O) groups is 1. The number of nitrogens with zero attached hydrogens (tertiary/aromatic N) is 5. The largest absolute Gasteiger partial charge is 0.380 e. The van der Waals surface area contributed by atoms with E-state index in [1.807, 2.05) is 15.6 Å². The van der Waals surface area contributed by atoms with Crippen molar-refractivity contribution in [2.75, 3.05) is 57.4 Å². The van der Waals surface area contributed by atoms with Crippen molar-refractivity contribution < 1.29 is 9.53 Å². The lowest BCUT2D eigenvalue weighted by molar-refractivity contribution is -0.150.